The molecule has 0 aliphatic heterocycles. The molecule has 0 aliphatic carbocycles. The van der Waals surface area contributed by atoms with Crippen LogP contribution < -0.4 is 9.47 Å². The van der Waals surface area contributed by atoms with Gasteiger partial charge in [-0.15, -0.1) is 0 Å². The molecular weight excluding hydrogens is 244 g/mol. The zero-order valence-electron chi connectivity index (χ0n) is 11.5. The number of phenols is 1. The molecule has 2 rings (SSSR count). The highest BCUT2D eigenvalue weighted by Crippen LogP contribution is 2.40. The molecular formula is C15H18O4. The molecule has 0 heterocycles. The second-order valence-electron chi connectivity index (χ2n) is 4.94. The highest BCUT2D eigenvalue weighted by molar-refractivity contribution is 5.94. The summed E-state index contributed by atoms with van der Waals surface area (Å²) in [6, 6.07) is 6.76. The lowest BCUT2D eigenvalue weighted by Crippen LogP contribution is -2.15. The first-order valence-electron chi connectivity index (χ1n) is 5.99. The molecule has 0 radical (unpaired) electrons. The van der Waals surface area contributed by atoms with Crippen molar-refractivity contribution in [2.75, 3.05) is 14.2 Å². The lowest BCUT2D eigenvalue weighted by molar-refractivity contribution is 0.0801. The van der Waals surface area contributed by atoms with Crippen LogP contribution in [0.4, 0.5) is 0 Å². The third-order valence-electron chi connectivity index (χ3n) is 3.16. The Balaban J connectivity index is 2.85. The minimum Gasteiger partial charge on any atom is -0.507 e. The lowest BCUT2D eigenvalue weighted by Gasteiger charge is -2.21. The molecule has 4 nitrogen and oxygen atoms in total. The van der Waals surface area contributed by atoms with E-state index in [9.17, 15) is 10.2 Å². The molecule has 0 saturated heterocycles. The van der Waals surface area contributed by atoms with Gasteiger partial charge in [-0.2, -0.15) is 0 Å². The topological polar surface area (TPSA) is 58.9 Å². The molecule has 2 aromatic rings. The number of aromatic hydroxyl groups is 1. The minimum atomic E-state index is -1.01. The van der Waals surface area contributed by atoms with Crippen LogP contribution in [0.5, 0.6) is 17.2 Å². The Labute approximate surface area is 112 Å². The monoisotopic (exact) mass is 262 g/mol. The van der Waals surface area contributed by atoms with Crippen molar-refractivity contribution in [3.05, 3.63) is 29.8 Å². The molecule has 2 N–H and O–H groups in total. The van der Waals surface area contributed by atoms with Gasteiger partial charge in [0.15, 0.2) is 11.5 Å². The van der Waals surface area contributed by atoms with Crippen LogP contribution in [0.3, 0.4) is 0 Å². The molecule has 0 amide bonds. The summed E-state index contributed by atoms with van der Waals surface area (Å²) in [4.78, 5) is 0. The van der Waals surface area contributed by atoms with E-state index in [2.05, 4.69) is 0 Å². The number of benzene rings is 2. The summed E-state index contributed by atoms with van der Waals surface area (Å²) in [7, 11) is 3.09. The van der Waals surface area contributed by atoms with Gasteiger partial charge < -0.3 is 19.7 Å². The van der Waals surface area contributed by atoms with Crippen LogP contribution in [0, 0.1) is 0 Å². The summed E-state index contributed by atoms with van der Waals surface area (Å²) in [5, 5.41) is 21.5. The van der Waals surface area contributed by atoms with Crippen LogP contribution in [0.25, 0.3) is 10.8 Å². The molecule has 0 unspecified atom stereocenters. The molecule has 0 aromatic heterocycles. The summed E-state index contributed by atoms with van der Waals surface area (Å²) in [6.07, 6.45) is 0. The van der Waals surface area contributed by atoms with Crippen molar-refractivity contribution in [3.8, 4) is 17.2 Å². The SMILES string of the molecule is COc1cc2c(O)ccc(C(C)(C)O)c2cc1OC. The predicted octanol–water partition coefficient (Wildman–Crippen LogP) is 2.79. The van der Waals surface area contributed by atoms with Gasteiger partial charge >= 0.3 is 0 Å². The van der Waals surface area contributed by atoms with Gasteiger partial charge in [0.1, 0.15) is 5.75 Å². The predicted molar refractivity (Wildman–Crippen MR) is 74.0 cm³/mol. The van der Waals surface area contributed by atoms with E-state index in [1.807, 2.05) is 0 Å². The highest BCUT2D eigenvalue weighted by Gasteiger charge is 2.21. The zero-order valence-corrected chi connectivity index (χ0v) is 11.5. The molecule has 0 atom stereocenters. The fraction of sp³-hybridized carbons (Fsp3) is 0.333. The van der Waals surface area contributed by atoms with Crippen LogP contribution >= 0.6 is 0 Å². The quantitative estimate of drug-likeness (QED) is 0.893. The second-order valence-corrected chi connectivity index (χ2v) is 4.94. The van der Waals surface area contributed by atoms with E-state index >= 15 is 0 Å². The fourth-order valence-corrected chi connectivity index (χ4v) is 2.19. The molecule has 4 heteroatoms. The van der Waals surface area contributed by atoms with Gasteiger partial charge in [-0.25, -0.2) is 0 Å². The Bertz CT molecular complexity index is 612. The Morgan fingerprint density at radius 1 is 0.947 bits per heavy atom. The molecule has 0 spiro atoms. The summed E-state index contributed by atoms with van der Waals surface area (Å²) < 4.78 is 10.5. The third-order valence-corrected chi connectivity index (χ3v) is 3.16. The lowest BCUT2D eigenvalue weighted by atomic mass is 9.92. The Kier molecular flexibility index (Phi) is 3.28. The van der Waals surface area contributed by atoms with Crippen molar-refractivity contribution in [3.63, 3.8) is 0 Å². The van der Waals surface area contributed by atoms with E-state index in [0.29, 0.717) is 16.9 Å². The molecule has 0 saturated carbocycles. The summed E-state index contributed by atoms with van der Waals surface area (Å²) in [5.41, 5.74) is -0.285. The molecule has 0 bridgehead atoms. The van der Waals surface area contributed by atoms with Gasteiger partial charge in [0.25, 0.3) is 0 Å². The molecule has 0 aliphatic rings. The van der Waals surface area contributed by atoms with Gasteiger partial charge in [0.05, 0.1) is 19.8 Å². The first-order chi connectivity index (χ1) is 8.88. The zero-order chi connectivity index (χ0) is 14.2. The van der Waals surface area contributed by atoms with Gasteiger partial charge in [-0.1, -0.05) is 6.07 Å². The first-order valence-corrected chi connectivity index (χ1v) is 5.99. The number of aliphatic hydroxyl groups is 1. The minimum absolute atomic E-state index is 0.143. The Morgan fingerprint density at radius 2 is 1.47 bits per heavy atom. The van der Waals surface area contributed by atoms with Crippen molar-refractivity contribution in [1.82, 2.24) is 0 Å². The van der Waals surface area contributed by atoms with Crippen molar-refractivity contribution < 1.29 is 19.7 Å². The van der Waals surface area contributed by atoms with Gasteiger partial charge in [0, 0.05) is 5.39 Å². The maximum Gasteiger partial charge on any atom is 0.161 e. The molecule has 19 heavy (non-hydrogen) atoms. The number of ether oxygens (including phenoxy) is 2. The summed E-state index contributed by atoms with van der Waals surface area (Å²) in [5.74, 6) is 1.24. The van der Waals surface area contributed by atoms with Crippen LogP contribution in [0.15, 0.2) is 24.3 Å². The maximum atomic E-state index is 10.2. The number of hydrogen-bond acceptors (Lipinski definition) is 4. The van der Waals surface area contributed by atoms with Crippen LogP contribution in [0.2, 0.25) is 0 Å². The number of hydrogen-bond donors (Lipinski definition) is 2. The molecule has 102 valence electrons. The van der Waals surface area contributed by atoms with E-state index in [1.54, 1.807) is 52.3 Å². The third kappa shape index (κ3) is 2.31. The second kappa shape index (κ2) is 4.63. The average molecular weight is 262 g/mol. The summed E-state index contributed by atoms with van der Waals surface area (Å²) >= 11 is 0. The van der Waals surface area contributed by atoms with Crippen LogP contribution in [-0.4, -0.2) is 24.4 Å². The Hall–Kier alpha value is -1.94. The van der Waals surface area contributed by atoms with E-state index in [0.717, 1.165) is 10.9 Å². The molecule has 0 fully saturated rings. The normalized spacial score (nSPS) is 11.6. The smallest absolute Gasteiger partial charge is 0.161 e. The van der Waals surface area contributed by atoms with Crippen molar-refractivity contribution in [1.29, 1.82) is 0 Å². The standard InChI is InChI=1S/C15H18O4/c1-15(2,17)11-5-6-12(16)10-8-14(19-4)13(18-3)7-9(10)11/h5-8,16-17H,1-4H3. The van der Waals surface area contributed by atoms with E-state index < -0.39 is 5.60 Å². The fourth-order valence-electron chi connectivity index (χ4n) is 2.19. The van der Waals surface area contributed by atoms with E-state index in [1.165, 1.54) is 0 Å². The van der Waals surface area contributed by atoms with Crippen molar-refractivity contribution in [2.24, 2.45) is 0 Å². The van der Waals surface area contributed by atoms with Crippen molar-refractivity contribution >= 4 is 10.8 Å². The Morgan fingerprint density at radius 3 is 1.95 bits per heavy atom. The van der Waals surface area contributed by atoms with Gasteiger partial charge in [-0.05, 0) is 43.0 Å². The van der Waals surface area contributed by atoms with Crippen LogP contribution in [-0.2, 0) is 5.60 Å². The van der Waals surface area contributed by atoms with E-state index in [-0.39, 0.29) is 5.75 Å². The van der Waals surface area contributed by atoms with E-state index in [4.69, 9.17) is 9.47 Å². The van der Waals surface area contributed by atoms with Crippen molar-refractivity contribution in [2.45, 2.75) is 19.4 Å². The first kappa shape index (κ1) is 13.5. The van der Waals surface area contributed by atoms with Crippen LogP contribution in [0.1, 0.15) is 19.4 Å². The number of rotatable bonds is 3. The van der Waals surface area contributed by atoms with Gasteiger partial charge in [0.2, 0.25) is 0 Å². The maximum absolute atomic E-state index is 10.2. The van der Waals surface area contributed by atoms with Gasteiger partial charge in [-0.3, -0.25) is 0 Å². The summed E-state index contributed by atoms with van der Waals surface area (Å²) in [6.45, 7) is 3.41. The number of phenolic OH excluding ortho intramolecular Hbond substituents is 1. The number of fused-ring (bicyclic) bond motifs is 1. The largest absolute Gasteiger partial charge is 0.507 e. The molecule has 2 aromatic carbocycles. The number of methoxy groups -OCH3 is 2. The average Bonchev–Trinajstić information content (AvgIpc) is 2.36. The highest BCUT2D eigenvalue weighted by atomic mass is 16.5.